The molecule has 2 atom stereocenters. The van der Waals surface area contributed by atoms with Gasteiger partial charge in [0, 0.05) is 6.04 Å². The summed E-state index contributed by atoms with van der Waals surface area (Å²) in [5.74, 6) is 0.770. The minimum atomic E-state index is 0.504. The van der Waals surface area contributed by atoms with Gasteiger partial charge in [-0.15, -0.1) is 0 Å². The van der Waals surface area contributed by atoms with Crippen molar-refractivity contribution in [2.45, 2.75) is 51.0 Å². The van der Waals surface area contributed by atoms with E-state index in [0.29, 0.717) is 11.5 Å². The van der Waals surface area contributed by atoms with Gasteiger partial charge >= 0.3 is 0 Å². The molecule has 1 heteroatoms. The van der Waals surface area contributed by atoms with E-state index in [9.17, 15) is 0 Å². The fourth-order valence-electron chi connectivity index (χ4n) is 3.06. The minimum Gasteiger partial charge on any atom is -0.310 e. The molecule has 17 heavy (non-hydrogen) atoms. The van der Waals surface area contributed by atoms with Crippen molar-refractivity contribution in [3.63, 3.8) is 0 Å². The van der Waals surface area contributed by atoms with Crippen LogP contribution in [0.15, 0.2) is 24.3 Å². The van der Waals surface area contributed by atoms with Crippen LogP contribution in [0.25, 0.3) is 0 Å². The Morgan fingerprint density at radius 3 is 2.47 bits per heavy atom. The third kappa shape index (κ3) is 2.13. The van der Waals surface area contributed by atoms with E-state index in [-0.39, 0.29) is 0 Å². The normalized spacial score (nSPS) is 31.2. The van der Waals surface area contributed by atoms with Gasteiger partial charge in [0.25, 0.3) is 0 Å². The molecular formula is C16H23N. The van der Waals surface area contributed by atoms with Crippen LogP contribution in [0.2, 0.25) is 0 Å². The molecule has 2 unspecified atom stereocenters. The van der Waals surface area contributed by atoms with Crippen LogP contribution in [-0.2, 0) is 5.41 Å². The van der Waals surface area contributed by atoms with Crippen LogP contribution in [-0.4, -0.2) is 6.54 Å². The number of benzene rings is 1. The molecule has 0 aromatic heterocycles. The van der Waals surface area contributed by atoms with Gasteiger partial charge in [-0.05, 0) is 54.7 Å². The summed E-state index contributed by atoms with van der Waals surface area (Å²) < 4.78 is 0. The van der Waals surface area contributed by atoms with Crippen LogP contribution in [0.3, 0.4) is 0 Å². The molecule has 0 amide bonds. The average molecular weight is 229 g/mol. The van der Waals surface area contributed by atoms with Crippen molar-refractivity contribution in [1.29, 1.82) is 0 Å². The number of hydrogen-bond donors (Lipinski definition) is 1. The first-order valence-corrected chi connectivity index (χ1v) is 7.03. The van der Waals surface area contributed by atoms with E-state index in [0.717, 1.165) is 5.92 Å². The Hall–Kier alpha value is -0.820. The monoisotopic (exact) mass is 229 g/mol. The highest BCUT2D eigenvalue weighted by Crippen LogP contribution is 2.47. The first-order valence-electron chi connectivity index (χ1n) is 7.03. The van der Waals surface area contributed by atoms with Crippen LogP contribution in [0.5, 0.6) is 0 Å². The van der Waals surface area contributed by atoms with Gasteiger partial charge in [-0.3, -0.25) is 0 Å². The van der Waals surface area contributed by atoms with Crippen LogP contribution in [0.4, 0.5) is 0 Å². The maximum absolute atomic E-state index is 3.66. The van der Waals surface area contributed by atoms with Crippen molar-refractivity contribution in [3.8, 4) is 0 Å². The van der Waals surface area contributed by atoms with Gasteiger partial charge in [0.2, 0.25) is 0 Å². The number of rotatable bonds is 2. The van der Waals surface area contributed by atoms with Gasteiger partial charge in [0.05, 0.1) is 0 Å². The molecule has 1 N–H and O–H groups in total. The summed E-state index contributed by atoms with van der Waals surface area (Å²) >= 11 is 0. The average Bonchev–Trinajstić information content (AvgIpc) is 3.10. The summed E-state index contributed by atoms with van der Waals surface area (Å²) in [7, 11) is 0. The molecule has 0 spiro atoms. The molecule has 1 heterocycles. The van der Waals surface area contributed by atoms with Crippen molar-refractivity contribution >= 4 is 0 Å². The Morgan fingerprint density at radius 1 is 1.18 bits per heavy atom. The van der Waals surface area contributed by atoms with Crippen molar-refractivity contribution in [2.24, 2.45) is 5.92 Å². The lowest BCUT2D eigenvalue weighted by Crippen LogP contribution is -2.32. The standard InChI is InChI=1S/C16H23N/c1-12-4-3-11-17-15(12)13-5-7-14(8-6-13)16(2)9-10-16/h5-8,12,15,17H,3-4,9-11H2,1-2H3. The van der Waals surface area contributed by atoms with E-state index >= 15 is 0 Å². The molecule has 3 rings (SSSR count). The van der Waals surface area contributed by atoms with E-state index < -0.39 is 0 Å². The molecule has 1 aromatic carbocycles. The zero-order valence-corrected chi connectivity index (χ0v) is 11.0. The van der Waals surface area contributed by atoms with Crippen LogP contribution >= 0.6 is 0 Å². The topological polar surface area (TPSA) is 12.0 Å². The molecule has 0 radical (unpaired) electrons. The van der Waals surface area contributed by atoms with Gasteiger partial charge in [-0.2, -0.15) is 0 Å². The van der Waals surface area contributed by atoms with Gasteiger partial charge in [-0.25, -0.2) is 0 Å². The summed E-state index contributed by atoms with van der Waals surface area (Å²) in [4.78, 5) is 0. The van der Waals surface area contributed by atoms with Crippen LogP contribution in [0.1, 0.15) is 56.7 Å². The maximum atomic E-state index is 3.66. The second-order valence-electron chi connectivity index (χ2n) is 6.23. The molecule has 0 bridgehead atoms. The second kappa shape index (κ2) is 4.13. The second-order valence-corrected chi connectivity index (χ2v) is 6.23. The quantitative estimate of drug-likeness (QED) is 0.813. The van der Waals surface area contributed by atoms with E-state index in [1.165, 1.54) is 43.4 Å². The van der Waals surface area contributed by atoms with Gasteiger partial charge in [-0.1, -0.05) is 38.1 Å². The smallest absolute Gasteiger partial charge is 0.0346 e. The van der Waals surface area contributed by atoms with Gasteiger partial charge in [0.15, 0.2) is 0 Å². The lowest BCUT2D eigenvalue weighted by molar-refractivity contribution is 0.306. The Balaban J connectivity index is 1.79. The molecule has 92 valence electrons. The SMILES string of the molecule is CC1CCCNC1c1ccc(C2(C)CC2)cc1. The van der Waals surface area contributed by atoms with E-state index in [1.54, 1.807) is 0 Å². The van der Waals surface area contributed by atoms with E-state index in [2.05, 4.69) is 43.4 Å². The third-order valence-corrected chi connectivity index (χ3v) is 4.74. The predicted molar refractivity (Wildman–Crippen MR) is 72.2 cm³/mol. The lowest BCUT2D eigenvalue weighted by Gasteiger charge is -2.30. The number of nitrogens with one attached hydrogen (secondary N) is 1. The van der Waals surface area contributed by atoms with Crippen molar-refractivity contribution in [2.75, 3.05) is 6.54 Å². The zero-order chi connectivity index (χ0) is 11.9. The molecular weight excluding hydrogens is 206 g/mol. The van der Waals surface area contributed by atoms with Gasteiger partial charge < -0.3 is 5.32 Å². The highest BCUT2D eigenvalue weighted by molar-refractivity contribution is 5.34. The third-order valence-electron chi connectivity index (χ3n) is 4.74. The van der Waals surface area contributed by atoms with E-state index in [4.69, 9.17) is 0 Å². The Kier molecular flexibility index (Phi) is 2.74. The van der Waals surface area contributed by atoms with Crippen LogP contribution < -0.4 is 5.32 Å². The first-order chi connectivity index (χ1) is 8.19. The summed E-state index contributed by atoms with van der Waals surface area (Å²) in [6, 6.07) is 9.97. The highest BCUT2D eigenvalue weighted by atomic mass is 14.9. The lowest BCUT2D eigenvalue weighted by atomic mass is 9.86. The fourth-order valence-corrected chi connectivity index (χ4v) is 3.06. The van der Waals surface area contributed by atoms with Crippen molar-refractivity contribution < 1.29 is 0 Å². The van der Waals surface area contributed by atoms with Crippen molar-refractivity contribution in [1.82, 2.24) is 5.32 Å². The largest absolute Gasteiger partial charge is 0.310 e. The summed E-state index contributed by atoms with van der Waals surface area (Å²) in [6.45, 7) is 5.92. The molecule has 1 aliphatic carbocycles. The molecule has 2 aliphatic rings. The maximum Gasteiger partial charge on any atom is 0.0346 e. The van der Waals surface area contributed by atoms with Crippen molar-refractivity contribution in [3.05, 3.63) is 35.4 Å². The molecule has 1 saturated carbocycles. The van der Waals surface area contributed by atoms with E-state index in [1.807, 2.05) is 0 Å². The summed E-state index contributed by atoms with van der Waals surface area (Å²) in [5.41, 5.74) is 3.51. The molecule has 1 nitrogen and oxygen atoms in total. The molecule has 2 fully saturated rings. The fraction of sp³-hybridized carbons (Fsp3) is 0.625. The minimum absolute atomic E-state index is 0.504. The van der Waals surface area contributed by atoms with Gasteiger partial charge in [0.1, 0.15) is 0 Å². The van der Waals surface area contributed by atoms with Crippen LogP contribution in [0, 0.1) is 5.92 Å². The predicted octanol–water partition coefficient (Wildman–Crippen LogP) is 3.80. The number of hydrogen-bond acceptors (Lipinski definition) is 1. The molecule has 1 saturated heterocycles. The Bertz CT molecular complexity index is 388. The highest BCUT2D eigenvalue weighted by Gasteiger charge is 2.38. The molecule has 1 aliphatic heterocycles. The Morgan fingerprint density at radius 2 is 1.88 bits per heavy atom. The summed E-state index contributed by atoms with van der Waals surface area (Å²) in [6.07, 6.45) is 5.42. The Labute approximate surface area is 105 Å². The number of piperidine rings is 1. The summed E-state index contributed by atoms with van der Waals surface area (Å²) in [5, 5.41) is 3.66. The molecule has 1 aromatic rings. The first kappa shape index (κ1) is 11.3. The zero-order valence-electron chi connectivity index (χ0n) is 11.0.